The van der Waals surface area contributed by atoms with Crippen molar-refractivity contribution in [2.24, 2.45) is 17.8 Å². The Hall–Kier alpha value is -4.89. The predicted molar refractivity (Wildman–Crippen MR) is 254 cm³/mol. The Morgan fingerprint density at radius 2 is 1.66 bits per heavy atom. The molecule has 1 aliphatic carbocycles. The Balaban J connectivity index is 0.752. The largest absolute Gasteiger partial charge is 0.381 e. The highest BCUT2D eigenvalue weighted by molar-refractivity contribution is 8.00. The number of hydrogen-bond acceptors (Lipinski definition) is 13. The van der Waals surface area contributed by atoms with E-state index in [4.69, 9.17) is 4.74 Å². The van der Waals surface area contributed by atoms with Gasteiger partial charge in [0, 0.05) is 70.2 Å². The fraction of sp³-hybridized carbons (Fsp3) is 0.604. The first kappa shape index (κ1) is 49.5. The fourth-order valence-electron chi connectivity index (χ4n) is 10.7. The Kier molecular flexibility index (Phi) is 15.9. The number of amides is 7. The van der Waals surface area contributed by atoms with Crippen molar-refractivity contribution in [3.8, 4) is 0 Å². The van der Waals surface area contributed by atoms with Gasteiger partial charge in [-0.3, -0.25) is 49.1 Å². The third-order valence-corrected chi connectivity index (χ3v) is 17.1. The maximum atomic E-state index is 13.9. The number of thioether (sulfide) groups is 1. The molecule has 1 saturated carbocycles. The highest BCUT2D eigenvalue weighted by atomic mass is 32.2. The van der Waals surface area contributed by atoms with Crippen LogP contribution in [-0.2, 0) is 44.3 Å². The molecule has 20 heteroatoms. The number of piperidine rings is 2. The summed E-state index contributed by atoms with van der Waals surface area (Å²) in [6.07, 6.45) is 9.78. The Labute approximate surface area is 402 Å². The number of nitrogens with one attached hydrogen (secondary N) is 5. The predicted octanol–water partition coefficient (Wildman–Crippen LogP) is 2.59. The molecule has 5 N–H and O–H groups in total. The minimum Gasteiger partial charge on any atom is -0.381 e. The van der Waals surface area contributed by atoms with E-state index < -0.39 is 51.7 Å². The van der Waals surface area contributed by atoms with E-state index in [1.165, 1.54) is 22.7 Å². The van der Waals surface area contributed by atoms with Gasteiger partial charge in [-0.05, 0) is 93.4 Å². The van der Waals surface area contributed by atoms with Gasteiger partial charge in [-0.25, -0.2) is 12.7 Å². The third-order valence-electron chi connectivity index (χ3n) is 14.6. The number of fused-ring (bicyclic) bond motifs is 1. The highest BCUT2D eigenvalue weighted by Crippen LogP contribution is 2.46. The maximum absolute atomic E-state index is 13.9. The summed E-state index contributed by atoms with van der Waals surface area (Å²) in [5.41, 5.74) is 1.89. The molecule has 0 radical (unpaired) electrons. The number of hydrogen-bond donors (Lipinski definition) is 5. The van der Waals surface area contributed by atoms with Crippen molar-refractivity contribution >= 4 is 68.8 Å². The lowest BCUT2D eigenvalue weighted by Crippen LogP contribution is -2.56. The average molecular weight is 977 g/mol. The van der Waals surface area contributed by atoms with Crippen LogP contribution in [0.1, 0.15) is 110 Å². The number of sulfonamides is 1. The summed E-state index contributed by atoms with van der Waals surface area (Å²) >= 11 is 1.65. The van der Waals surface area contributed by atoms with E-state index in [0.717, 1.165) is 67.8 Å². The molecule has 68 heavy (non-hydrogen) atoms. The van der Waals surface area contributed by atoms with Gasteiger partial charge < -0.3 is 25.6 Å². The Bertz CT molecular complexity index is 2340. The number of anilines is 1. The quantitative estimate of drug-likeness (QED) is 0.101. The summed E-state index contributed by atoms with van der Waals surface area (Å²) in [5, 5.41) is 15.1. The number of ether oxygens (including phenoxy) is 1. The Morgan fingerprint density at radius 1 is 0.912 bits per heavy atom. The van der Waals surface area contributed by atoms with E-state index in [9.17, 15) is 42.0 Å². The summed E-state index contributed by atoms with van der Waals surface area (Å²) in [7, 11) is -3.45. The monoisotopic (exact) mass is 976 g/mol. The van der Waals surface area contributed by atoms with Crippen molar-refractivity contribution in [1.82, 2.24) is 35.8 Å². The zero-order valence-electron chi connectivity index (χ0n) is 38.7. The number of benzene rings is 2. The van der Waals surface area contributed by atoms with Gasteiger partial charge in [0.05, 0.1) is 28.8 Å². The molecule has 5 atom stereocenters. The molecule has 5 heterocycles. The second-order valence-electron chi connectivity index (χ2n) is 19.1. The lowest BCUT2D eigenvalue weighted by molar-refractivity contribution is -0.136. The van der Waals surface area contributed by atoms with Crippen molar-refractivity contribution in [2.45, 2.75) is 107 Å². The summed E-state index contributed by atoms with van der Waals surface area (Å²) in [6, 6.07) is 13.6. The van der Waals surface area contributed by atoms with Gasteiger partial charge in [-0.1, -0.05) is 43.2 Å². The van der Waals surface area contributed by atoms with Crippen LogP contribution in [0.25, 0.3) is 0 Å². The second kappa shape index (κ2) is 21.8. The minimum atomic E-state index is -3.45. The molecule has 7 amide bonds. The molecule has 8 rings (SSSR count). The summed E-state index contributed by atoms with van der Waals surface area (Å²) in [6.45, 7) is 2.80. The molecule has 4 unspecified atom stereocenters. The average Bonchev–Trinajstić information content (AvgIpc) is 4.16. The molecule has 2 aromatic rings. The van der Waals surface area contributed by atoms with Crippen LogP contribution < -0.4 is 31.5 Å². The maximum Gasteiger partial charge on any atom is 0.262 e. The van der Waals surface area contributed by atoms with E-state index in [1.54, 1.807) is 23.9 Å². The lowest BCUT2D eigenvalue weighted by Gasteiger charge is -2.36. The molecule has 0 aromatic heterocycles. The molecule has 5 aliphatic heterocycles. The second-order valence-corrected chi connectivity index (χ2v) is 22.2. The first-order valence-corrected chi connectivity index (χ1v) is 27.1. The SMILES string of the molecule is CS(=O)(=O)N1CCC(C(=O)N[C@@H](CCOCCCC(=O)NCCC2CCN(c3ccc4c(c3)C(=O)N(C3CCC(=O)NC3=O)C4=O)CC2)C(=O)NC2NC(c3ccccc3)(C3CCCC3)CS2)C1. The molecular formula is C48H64N8O10S2. The Morgan fingerprint density at radius 3 is 2.38 bits per heavy atom. The normalized spacial score (nSPS) is 25.4. The molecule has 5 fully saturated rings. The first-order chi connectivity index (χ1) is 32.7. The molecule has 6 aliphatic rings. The van der Waals surface area contributed by atoms with Gasteiger partial charge >= 0.3 is 0 Å². The van der Waals surface area contributed by atoms with Gasteiger partial charge in [-0.2, -0.15) is 0 Å². The smallest absolute Gasteiger partial charge is 0.262 e. The minimum absolute atomic E-state index is 0.0630. The van der Waals surface area contributed by atoms with Crippen LogP contribution in [0.2, 0.25) is 0 Å². The first-order valence-electron chi connectivity index (χ1n) is 24.2. The molecule has 0 spiro atoms. The summed E-state index contributed by atoms with van der Waals surface area (Å²) in [4.78, 5) is 93.8. The van der Waals surface area contributed by atoms with Gasteiger partial charge in [0.1, 0.15) is 17.6 Å². The zero-order valence-corrected chi connectivity index (χ0v) is 40.3. The van der Waals surface area contributed by atoms with Gasteiger partial charge in [-0.15, -0.1) is 11.8 Å². The zero-order chi connectivity index (χ0) is 48.0. The van der Waals surface area contributed by atoms with Crippen LogP contribution in [-0.4, -0.2) is 135 Å². The van der Waals surface area contributed by atoms with Crippen LogP contribution in [0.4, 0.5) is 5.69 Å². The molecule has 2 aromatic carbocycles. The van der Waals surface area contributed by atoms with Gasteiger partial charge in [0.25, 0.3) is 11.8 Å². The van der Waals surface area contributed by atoms with Crippen molar-refractivity contribution in [1.29, 1.82) is 0 Å². The molecular weight excluding hydrogens is 913 g/mol. The summed E-state index contributed by atoms with van der Waals surface area (Å²) in [5.74, 6) is -1.83. The number of rotatable bonds is 19. The molecule has 368 valence electrons. The van der Waals surface area contributed by atoms with Crippen LogP contribution in [0.15, 0.2) is 48.5 Å². The van der Waals surface area contributed by atoms with E-state index in [1.807, 2.05) is 24.3 Å². The standard InChI is InChI=1S/C48H64N8O10S2/c1-68(64,65)55-25-20-32(29-55)42(59)50-38(43(60)52-47-53-48(30-67-47,34-10-5-6-11-34)33-8-3-2-4-9-33)21-27-66-26-7-12-40(57)49-22-17-31-18-23-54(24-19-31)35-13-14-36-37(28-35)46(63)56(45(36)62)39-15-16-41(58)51-44(39)61/h2-4,8-9,13-14,28,31-32,34,38-39,47,53H,5-7,10-12,15-27,29-30H2,1H3,(H,49,57)(H,50,59)(H,52,60)(H,51,58,61)/t32?,38-,39?,47?,48?/m0/s1. The highest BCUT2D eigenvalue weighted by Gasteiger charge is 2.48. The van der Waals surface area contributed by atoms with Crippen LogP contribution in [0.3, 0.4) is 0 Å². The lowest BCUT2D eigenvalue weighted by atomic mass is 9.78. The van der Waals surface area contributed by atoms with Crippen LogP contribution in [0, 0.1) is 17.8 Å². The van der Waals surface area contributed by atoms with Crippen LogP contribution >= 0.6 is 11.8 Å². The number of carbonyl (C=O) groups is 7. The fourth-order valence-corrected chi connectivity index (χ4v) is 13.0. The van der Waals surface area contributed by atoms with Crippen molar-refractivity contribution in [3.05, 3.63) is 65.2 Å². The van der Waals surface area contributed by atoms with Crippen LogP contribution in [0.5, 0.6) is 0 Å². The molecule has 18 nitrogen and oxygen atoms in total. The van der Waals surface area contributed by atoms with Crippen molar-refractivity contribution in [2.75, 3.05) is 62.8 Å². The van der Waals surface area contributed by atoms with E-state index in [2.05, 4.69) is 43.6 Å². The summed E-state index contributed by atoms with van der Waals surface area (Å²) < 4.78 is 31.5. The molecule has 0 bridgehead atoms. The van der Waals surface area contributed by atoms with E-state index >= 15 is 0 Å². The van der Waals surface area contributed by atoms with E-state index in [0.29, 0.717) is 37.8 Å². The number of nitrogens with zero attached hydrogens (tertiary/aromatic N) is 3. The van der Waals surface area contributed by atoms with E-state index in [-0.39, 0.29) is 85.3 Å². The third kappa shape index (κ3) is 11.4. The number of imide groups is 2. The van der Waals surface area contributed by atoms with Crippen molar-refractivity contribution < 1.29 is 46.7 Å². The van der Waals surface area contributed by atoms with Crippen molar-refractivity contribution in [3.63, 3.8) is 0 Å². The molecule has 4 saturated heterocycles. The number of carbonyl (C=O) groups excluding carboxylic acids is 7. The van der Waals surface area contributed by atoms with Gasteiger partial charge in [0.2, 0.25) is 39.6 Å². The topological polar surface area (TPSA) is 233 Å². The van der Waals surface area contributed by atoms with Gasteiger partial charge in [0.15, 0.2) is 0 Å².